The Morgan fingerprint density at radius 2 is 1.39 bits per heavy atom. The van der Waals surface area contributed by atoms with Gasteiger partial charge in [-0.05, 0) is 39.0 Å². The molecule has 0 aromatic heterocycles. The number of piperazine rings is 1. The summed E-state index contributed by atoms with van der Waals surface area (Å²) in [7, 11) is 0. The van der Waals surface area contributed by atoms with Crippen LogP contribution in [0.3, 0.4) is 0 Å². The van der Waals surface area contributed by atoms with Gasteiger partial charge in [-0.3, -0.25) is 9.69 Å². The Balaban J connectivity index is 1.88. The minimum atomic E-state index is 0.328. The van der Waals surface area contributed by atoms with E-state index in [9.17, 15) is 4.79 Å². The van der Waals surface area contributed by atoms with Crippen molar-refractivity contribution in [2.24, 2.45) is 0 Å². The SMILES string of the molecule is C#CCOCCOCCOCCOCCN1CCN(CCCN(CC)CCCNC=O)CC1. The average molecular weight is 471 g/mol. The molecule has 192 valence electrons. The molecule has 0 saturated carbocycles. The van der Waals surface area contributed by atoms with Crippen LogP contribution in [0.15, 0.2) is 0 Å². The lowest BCUT2D eigenvalue weighted by molar-refractivity contribution is -0.109. The summed E-state index contributed by atoms with van der Waals surface area (Å²) in [5.41, 5.74) is 0. The van der Waals surface area contributed by atoms with Gasteiger partial charge in [0.25, 0.3) is 0 Å². The smallest absolute Gasteiger partial charge is 0.207 e. The highest BCUT2D eigenvalue weighted by Gasteiger charge is 2.16. The average Bonchev–Trinajstić information content (AvgIpc) is 2.84. The van der Waals surface area contributed by atoms with E-state index in [1.54, 1.807) is 0 Å². The van der Waals surface area contributed by atoms with E-state index >= 15 is 0 Å². The number of terminal acetylenes is 1. The van der Waals surface area contributed by atoms with Gasteiger partial charge in [-0.15, -0.1) is 6.42 Å². The van der Waals surface area contributed by atoms with Crippen molar-refractivity contribution in [1.29, 1.82) is 0 Å². The summed E-state index contributed by atoms with van der Waals surface area (Å²) in [5.74, 6) is 2.41. The first kappa shape index (κ1) is 29.8. The van der Waals surface area contributed by atoms with Gasteiger partial charge in [0.2, 0.25) is 6.41 Å². The van der Waals surface area contributed by atoms with Crippen LogP contribution < -0.4 is 5.32 Å². The molecule has 0 radical (unpaired) electrons. The summed E-state index contributed by atoms with van der Waals surface area (Å²) in [4.78, 5) is 17.8. The Labute approximate surface area is 201 Å². The van der Waals surface area contributed by atoms with E-state index in [0.717, 1.165) is 84.9 Å². The highest BCUT2D eigenvalue weighted by atomic mass is 16.6. The summed E-state index contributed by atoms with van der Waals surface area (Å²) < 4.78 is 21.7. The maximum absolute atomic E-state index is 10.3. The van der Waals surface area contributed by atoms with Crippen molar-refractivity contribution in [3.8, 4) is 12.3 Å². The summed E-state index contributed by atoms with van der Waals surface area (Å²) >= 11 is 0. The van der Waals surface area contributed by atoms with Crippen molar-refractivity contribution in [2.75, 3.05) is 118 Å². The molecule has 1 aliphatic rings. The van der Waals surface area contributed by atoms with E-state index in [-0.39, 0.29) is 0 Å². The first-order valence-electron chi connectivity index (χ1n) is 12.4. The minimum absolute atomic E-state index is 0.328. The predicted octanol–water partition coefficient (Wildman–Crippen LogP) is 0.152. The number of carbonyl (C=O) groups is 1. The van der Waals surface area contributed by atoms with Crippen molar-refractivity contribution in [1.82, 2.24) is 20.0 Å². The Kier molecular flexibility index (Phi) is 20.3. The van der Waals surface area contributed by atoms with Crippen LogP contribution in [0.4, 0.5) is 0 Å². The second kappa shape index (κ2) is 22.5. The first-order valence-corrected chi connectivity index (χ1v) is 12.4. The zero-order valence-corrected chi connectivity index (χ0v) is 20.7. The molecule has 1 heterocycles. The summed E-state index contributed by atoms with van der Waals surface area (Å²) in [6, 6.07) is 0. The van der Waals surface area contributed by atoms with Gasteiger partial charge in [0.15, 0.2) is 0 Å². The zero-order chi connectivity index (χ0) is 23.8. The summed E-state index contributed by atoms with van der Waals surface area (Å²) in [6.45, 7) is 17.3. The van der Waals surface area contributed by atoms with Crippen LogP contribution in [0.5, 0.6) is 0 Å². The van der Waals surface area contributed by atoms with Gasteiger partial charge in [-0.2, -0.15) is 0 Å². The van der Waals surface area contributed by atoms with Gasteiger partial charge in [0, 0.05) is 39.3 Å². The molecular formula is C24H46N4O5. The Morgan fingerprint density at radius 1 is 0.848 bits per heavy atom. The van der Waals surface area contributed by atoms with Crippen LogP contribution in [-0.2, 0) is 23.7 Å². The third-order valence-electron chi connectivity index (χ3n) is 5.59. The summed E-state index contributed by atoms with van der Waals surface area (Å²) in [6.07, 6.45) is 8.08. The molecule has 33 heavy (non-hydrogen) atoms. The molecule has 0 unspecified atom stereocenters. The van der Waals surface area contributed by atoms with E-state index < -0.39 is 0 Å². The largest absolute Gasteiger partial charge is 0.378 e. The second-order valence-corrected chi connectivity index (χ2v) is 7.99. The van der Waals surface area contributed by atoms with E-state index in [2.05, 4.69) is 32.9 Å². The van der Waals surface area contributed by atoms with Crippen LogP contribution in [0.2, 0.25) is 0 Å². The molecule has 1 N–H and O–H groups in total. The van der Waals surface area contributed by atoms with Crippen LogP contribution >= 0.6 is 0 Å². The third kappa shape index (κ3) is 17.8. The molecule has 0 aliphatic carbocycles. The van der Waals surface area contributed by atoms with Crippen LogP contribution in [-0.4, -0.2) is 139 Å². The number of hydrogen-bond acceptors (Lipinski definition) is 8. The van der Waals surface area contributed by atoms with Gasteiger partial charge in [0.1, 0.15) is 6.61 Å². The fraction of sp³-hybridized carbons (Fsp3) is 0.875. The maximum Gasteiger partial charge on any atom is 0.207 e. The van der Waals surface area contributed by atoms with Crippen molar-refractivity contribution < 1.29 is 23.7 Å². The highest BCUT2D eigenvalue weighted by Crippen LogP contribution is 2.03. The number of carbonyl (C=O) groups excluding carboxylic acids is 1. The van der Waals surface area contributed by atoms with E-state index in [4.69, 9.17) is 25.4 Å². The van der Waals surface area contributed by atoms with Crippen molar-refractivity contribution in [3.05, 3.63) is 0 Å². The minimum Gasteiger partial charge on any atom is -0.378 e. The molecule has 1 fully saturated rings. The topological polar surface area (TPSA) is 75.7 Å². The highest BCUT2D eigenvalue weighted by molar-refractivity contribution is 5.45. The quantitative estimate of drug-likeness (QED) is 0.129. The molecule has 1 rings (SSSR count). The van der Waals surface area contributed by atoms with Gasteiger partial charge in [0.05, 0.1) is 46.2 Å². The molecule has 1 aliphatic heterocycles. The first-order chi connectivity index (χ1) is 16.3. The number of amides is 1. The fourth-order valence-corrected chi connectivity index (χ4v) is 3.63. The van der Waals surface area contributed by atoms with Gasteiger partial charge in [-0.25, -0.2) is 0 Å². The number of hydrogen-bond donors (Lipinski definition) is 1. The van der Waals surface area contributed by atoms with E-state index in [0.29, 0.717) is 46.2 Å². The van der Waals surface area contributed by atoms with Crippen LogP contribution in [0, 0.1) is 12.3 Å². The molecule has 0 bridgehead atoms. The molecular weight excluding hydrogens is 424 g/mol. The lowest BCUT2D eigenvalue weighted by Crippen LogP contribution is -2.47. The maximum atomic E-state index is 10.3. The lowest BCUT2D eigenvalue weighted by atomic mass is 10.2. The molecule has 9 nitrogen and oxygen atoms in total. The molecule has 0 aromatic carbocycles. The number of rotatable bonds is 23. The summed E-state index contributed by atoms with van der Waals surface area (Å²) in [5, 5.41) is 2.73. The van der Waals surface area contributed by atoms with E-state index in [1.165, 1.54) is 6.42 Å². The van der Waals surface area contributed by atoms with E-state index in [1.807, 2.05) is 0 Å². The molecule has 9 heteroatoms. The van der Waals surface area contributed by atoms with Crippen LogP contribution in [0.25, 0.3) is 0 Å². The number of nitrogens with one attached hydrogen (secondary N) is 1. The van der Waals surface area contributed by atoms with Gasteiger partial charge in [-0.1, -0.05) is 12.8 Å². The Hall–Kier alpha value is -1.25. The Bertz CT molecular complexity index is 484. The number of ether oxygens (including phenoxy) is 4. The standard InChI is InChI=1S/C24H46N4O5/c1-3-16-30-18-20-32-22-23-33-21-19-31-17-15-28-13-11-27(12-14-28)10-6-9-26(4-2)8-5-7-25-24-29/h1,24H,4-23H2,2H3,(H,25,29). The normalized spacial score (nSPS) is 15.1. The monoisotopic (exact) mass is 470 g/mol. The van der Waals surface area contributed by atoms with Gasteiger partial charge < -0.3 is 34.1 Å². The van der Waals surface area contributed by atoms with Gasteiger partial charge >= 0.3 is 0 Å². The molecule has 1 amide bonds. The molecule has 0 atom stereocenters. The van der Waals surface area contributed by atoms with Crippen molar-refractivity contribution in [3.63, 3.8) is 0 Å². The molecule has 1 saturated heterocycles. The molecule has 0 spiro atoms. The zero-order valence-electron chi connectivity index (χ0n) is 20.7. The second-order valence-electron chi connectivity index (χ2n) is 7.99. The third-order valence-corrected chi connectivity index (χ3v) is 5.59. The predicted molar refractivity (Wildman–Crippen MR) is 130 cm³/mol. The fourth-order valence-electron chi connectivity index (χ4n) is 3.63. The number of nitrogens with zero attached hydrogens (tertiary/aromatic N) is 3. The van der Waals surface area contributed by atoms with Crippen molar-refractivity contribution >= 4 is 6.41 Å². The molecule has 0 aromatic rings. The lowest BCUT2D eigenvalue weighted by Gasteiger charge is -2.35. The Morgan fingerprint density at radius 3 is 1.97 bits per heavy atom. The van der Waals surface area contributed by atoms with Crippen molar-refractivity contribution in [2.45, 2.75) is 19.8 Å². The van der Waals surface area contributed by atoms with Crippen LogP contribution in [0.1, 0.15) is 19.8 Å².